The van der Waals surface area contributed by atoms with Crippen molar-refractivity contribution in [1.29, 1.82) is 0 Å². The number of benzene rings is 1. The van der Waals surface area contributed by atoms with Gasteiger partial charge in [-0.25, -0.2) is 4.68 Å². The first-order chi connectivity index (χ1) is 12.9. The molecule has 0 radical (unpaired) electrons. The van der Waals surface area contributed by atoms with Crippen LogP contribution in [-0.4, -0.2) is 39.6 Å². The molecule has 1 aliphatic heterocycles. The van der Waals surface area contributed by atoms with E-state index in [1.165, 1.54) is 11.3 Å². The van der Waals surface area contributed by atoms with Crippen molar-refractivity contribution in [3.05, 3.63) is 45.9 Å². The first kappa shape index (κ1) is 18.0. The van der Waals surface area contributed by atoms with Crippen LogP contribution < -0.4 is 5.73 Å². The number of rotatable bonds is 3. The Morgan fingerprint density at radius 3 is 2.52 bits per heavy atom. The van der Waals surface area contributed by atoms with Gasteiger partial charge in [0.2, 0.25) is 5.91 Å². The van der Waals surface area contributed by atoms with Crippen molar-refractivity contribution >= 4 is 45.0 Å². The molecule has 3 heterocycles. The lowest BCUT2D eigenvalue weighted by atomic mass is 9.96. The normalized spacial score (nSPS) is 15.4. The molecule has 0 spiro atoms. The molecule has 27 heavy (non-hydrogen) atoms. The molecular formula is C19H19ClN4O2S. The molecule has 0 aliphatic carbocycles. The Balaban J connectivity index is 1.62. The number of amides is 2. The Morgan fingerprint density at radius 2 is 1.89 bits per heavy atom. The highest BCUT2D eigenvalue weighted by molar-refractivity contribution is 7.20. The van der Waals surface area contributed by atoms with Crippen LogP contribution in [0.15, 0.2) is 30.3 Å². The number of nitrogens with two attached hydrogens (primary N) is 1. The predicted molar refractivity (Wildman–Crippen MR) is 107 cm³/mol. The van der Waals surface area contributed by atoms with Crippen LogP contribution in [0.4, 0.5) is 0 Å². The Kier molecular flexibility index (Phi) is 4.65. The van der Waals surface area contributed by atoms with E-state index in [0.29, 0.717) is 35.8 Å². The van der Waals surface area contributed by atoms with E-state index in [0.717, 1.165) is 21.6 Å². The number of likely N-dealkylation sites (tertiary alicyclic amines) is 1. The van der Waals surface area contributed by atoms with Crippen molar-refractivity contribution in [1.82, 2.24) is 14.7 Å². The summed E-state index contributed by atoms with van der Waals surface area (Å²) in [5.41, 5.74) is 7.16. The molecule has 4 rings (SSSR count). The molecule has 1 fully saturated rings. The summed E-state index contributed by atoms with van der Waals surface area (Å²) in [6.45, 7) is 3.06. The summed E-state index contributed by atoms with van der Waals surface area (Å²) in [6.07, 6.45) is 1.26. The number of hydrogen-bond donors (Lipinski definition) is 1. The molecule has 1 saturated heterocycles. The topological polar surface area (TPSA) is 81.2 Å². The van der Waals surface area contributed by atoms with Gasteiger partial charge < -0.3 is 10.6 Å². The molecule has 3 aromatic rings. The maximum Gasteiger partial charge on any atom is 0.264 e. The van der Waals surface area contributed by atoms with Crippen molar-refractivity contribution in [2.75, 3.05) is 13.1 Å². The van der Waals surface area contributed by atoms with Crippen LogP contribution in [0.1, 0.15) is 28.2 Å². The average Bonchev–Trinajstić information content (AvgIpc) is 3.23. The second-order valence-electron chi connectivity index (χ2n) is 6.77. The van der Waals surface area contributed by atoms with Gasteiger partial charge in [0.1, 0.15) is 4.83 Å². The smallest absolute Gasteiger partial charge is 0.264 e. The molecule has 6 nitrogen and oxygen atoms in total. The molecule has 0 atom stereocenters. The van der Waals surface area contributed by atoms with Gasteiger partial charge in [-0.2, -0.15) is 5.10 Å². The summed E-state index contributed by atoms with van der Waals surface area (Å²) >= 11 is 7.42. The van der Waals surface area contributed by atoms with Crippen LogP contribution >= 0.6 is 22.9 Å². The molecule has 0 saturated carbocycles. The standard InChI is InChI=1S/C19H19ClN4O2S/c1-11-15-10-16(18(26)23-8-6-12(7-9-23)17(21)25)27-19(15)24(22-11)14-4-2-13(20)3-5-14/h2-5,10,12H,6-9H2,1H3,(H2,21,25). The molecule has 0 unspecified atom stereocenters. The minimum Gasteiger partial charge on any atom is -0.369 e. The van der Waals surface area contributed by atoms with Crippen LogP contribution in [0, 0.1) is 12.8 Å². The van der Waals surface area contributed by atoms with E-state index in [1.807, 2.05) is 41.9 Å². The third-order valence-corrected chi connectivity index (χ3v) is 6.36. The number of fused-ring (bicyclic) bond motifs is 1. The highest BCUT2D eigenvalue weighted by Crippen LogP contribution is 2.32. The highest BCUT2D eigenvalue weighted by atomic mass is 35.5. The van der Waals surface area contributed by atoms with Gasteiger partial charge in [0.15, 0.2) is 0 Å². The van der Waals surface area contributed by atoms with Crippen LogP contribution in [0.25, 0.3) is 15.9 Å². The number of primary amides is 1. The third-order valence-electron chi connectivity index (χ3n) is 5.01. The fraction of sp³-hybridized carbons (Fsp3) is 0.316. The maximum absolute atomic E-state index is 12.9. The summed E-state index contributed by atoms with van der Waals surface area (Å²) in [5, 5.41) is 6.24. The molecule has 0 bridgehead atoms. The minimum absolute atomic E-state index is 0.00109. The molecule has 2 N–H and O–H groups in total. The lowest BCUT2D eigenvalue weighted by molar-refractivity contribution is -0.123. The molecule has 8 heteroatoms. The number of halogens is 1. The summed E-state index contributed by atoms with van der Waals surface area (Å²) in [5.74, 6) is -0.402. The van der Waals surface area contributed by atoms with Crippen molar-refractivity contribution in [2.45, 2.75) is 19.8 Å². The number of carbonyl (C=O) groups is 2. The fourth-order valence-corrected chi connectivity index (χ4v) is 4.71. The number of aromatic nitrogens is 2. The average molecular weight is 403 g/mol. The van der Waals surface area contributed by atoms with E-state index in [2.05, 4.69) is 5.10 Å². The van der Waals surface area contributed by atoms with Crippen molar-refractivity contribution in [2.24, 2.45) is 11.7 Å². The van der Waals surface area contributed by atoms with Gasteiger partial charge in [0.05, 0.1) is 16.3 Å². The quantitative estimate of drug-likeness (QED) is 0.729. The van der Waals surface area contributed by atoms with E-state index >= 15 is 0 Å². The van der Waals surface area contributed by atoms with E-state index in [-0.39, 0.29) is 17.7 Å². The van der Waals surface area contributed by atoms with Gasteiger partial charge in [-0.3, -0.25) is 9.59 Å². The maximum atomic E-state index is 12.9. The SMILES string of the molecule is Cc1nn(-c2ccc(Cl)cc2)c2sc(C(=O)N3CCC(C(N)=O)CC3)cc12. The minimum atomic E-state index is -0.275. The first-order valence-electron chi connectivity index (χ1n) is 8.77. The van der Waals surface area contributed by atoms with Crippen LogP contribution in [0.3, 0.4) is 0 Å². The van der Waals surface area contributed by atoms with Crippen molar-refractivity contribution in [3.8, 4) is 5.69 Å². The number of piperidine rings is 1. The van der Waals surface area contributed by atoms with Gasteiger partial charge in [0, 0.05) is 29.4 Å². The summed E-state index contributed by atoms with van der Waals surface area (Å²) in [6, 6.07) is 9.37. The van der Waals surface area contributed by atoms with Crippen LogP contribution in [-0.2, 0) is 4.79 Å². The molecule has 140 valence electrons. The van der Waals surface area contributed by atoms with E-state index in [1.54, 1.807) is 4.90 Å². The zero-order chi connectivity index (χ0) is 19.1. The zero-order valence-corrected chi connectivity index (χ0v) is 16.4. The molecular weight excluding hydrogens is 384 g/mol. The molecule has 2 aromatic heterocycles. The second kappa shape index (κ2) is 6.98. The second-order valence-corrected chi connectivity index (χ2v) is 8.24. The van der Waals surface area contributed by atoms with Gasteiger partial charge in [0.25, 0.3) is 5.91 Å². The van der Waals surface area contributed by atoms with Gasteiger partial charge in [-0.05, 0) is 50.1 Å². The Morgan fingerprint density at radius 1 is 1.22 bits per heavy atom. The molecule has 1 aliphatic rings. The monoisotopic (exact) mass is 402 g/mol. The highest BCUT2D eigenvalue weighted by Gasteiger charge is 2.28. The number of thiophene rings is 1. The molecule has 1 aromatic carbocycles. The van der Waals surface area contributed by atoms with Crippen molar-refractivity contribution < 1.29 is 9.59 Å². The Hall–Kier alpha value is -2.38. The largest absolute Gasteiger partial charge is 0.369 e. The van der Waals surface area contributed by atoms with Gasteiger partial charge >= 0.3 is 0 Å². The van der Waals surface area contributed by atoms with Gasteiger partial charge in [-0.1, -0.05) is 11.6 Å². The molecule has 2 amide bonds. The van der Waals surface area contributed by atoms with Crippen molar-refractivity contribution in [3.63, 3.8) is 0 Å². The number of hydrogen-bond acceptors (Lipinski definition) is 4. The predicted octanol–water partition coefficient (Wildman–Crippen LogP) is 3.39. The van der Waals surface area contributed by atoms with E-state index in [4.69, 9.17) is 17.3 Å². The number of nitrogens with zero attached hydrogens (tertiary/aromatic N) is 3. The zero-order valence-electron chi connectivity index (χ0n) is 14.8. The van der Waals surface area contributed by atoms with Crippen LogP contribution in [0.2, 0.25) is 5.02 Å². The van der Waals surface area contributed by atoms with Gasteiger partial charge in [-0.15, -0.1) is 11.3 Å². The summed E-state index contributed by atoms with van der Waals surface area (Å²) in [4.78, 5) is 27.7. The Labute approximate surface area is 165 Å². The van der Waals surface area contributed by atoms with E-state index in [9.17, 15) is 9.59 Å². The Bertz CT molecular complexity index is 1020. The lowest BCUT2D eigenvalue weighted by Crippen LogP contribution is -2.41. The summed E-state index contributed by atoms with van der Waals surface area (Å²) < 4.78 is 1.85. The number of carbonyl (C=O) groups excluding carboxylic acids is 2. The third kappa shape index (κ3) is 3.33. The van der Waals surface area contributed by atoms with E-state index < -0.39 is 0 Å². The lowest BCUT2D eigenvalue weighted by Gasteiger charge is -2.30. The van der Waals surface area contributed by atoms with Crippen LogP contribution in [0.5, 0.6) is 0 Å². The number of aryl methyl sites for hydroxylation is 1. The fourth-order valence-electron chi connectivity index (χ4n) is 3.43. The first-order valence-corrected chi connectivity index (χ1v) is 9.97. The summed E-state index contributed by atoms with van der Waals surface area (Å²) in [7, 11) is 0.